The molecule has 2 heterocycles. The molecule has 8 heteroatoms. The summed E-state index contributed by atoms with van der Waals surface area (Å²) in [7, 11) is 1.59. The average molecular weight is 489 g/mol. The van der Waals surface area contributed by atoms with Gasteiger partial charge in [0.15, 0.2) is 0 Å². The number of carbonyl (C=O) groups excluding carboxylic acids is 1. The van der Waals surface area contributed by atoms with Crippen molar-refractivity contribution in [3.63, 3.8) is 0 Å². The SMILES string of the molecule is COc1ccc(C2C(C#N)=C(N)Oc3cc(OC(=O)c4sc5ccccc5c4Cl)ccc32)cc1. The molecule has 1 atom stereocenters. The highest BCUT2D eigenvalue weighted by Crippen LogP contribution is 2.44. The van der Waals surface area contributed by atoms with E-state index in [1.165, 1.54) is 11.3 Å². The number of nitrogens with zero attached hydrogens (tertiary/aromatic N) is 1. The molecule has 168 valence electrons. The van der Waals surface area contributed by atoms with E-state index in [1.807, 2.05) is 48.5 Å². The highest BCUT2D eigenvalue weighted by molar-refractivity contribution is 7.21. The first-order valence-electron chi connectivity index (χ1n) is 10.2. The average Bonchev–Trinajstić information content (AvgIpc) is 3.20. The van der Waals surface area contributed by atoms with Gasteiger partial charge in [0.05, 0.1) is 18.1 Å². The van der Waals surface area contributed by atoms with Gasteiger partial charge in [0.25, 0.3) is 0 Å². The van der Waals surface area contributed by atoms with Crippen molar-refractivity contribution in [1.29, 1.82) is 5.26 Å². The predicted octanol–water partition coefficient (Wildman–Crippen LogP) is 6.00. The van der Waals surface area contributed by atoms with Crippen LogP contribution in [0, 0.1) is 11.3 Å². The maximum Gasteiger partial charge on any atom is 0.355 e. The maximum atomic E-state index is 12.9. The number of nitriles is 1. The van der Waals surface area contributed by atoms with Crippen molar-refractivity contribution in [3.05, 3.63) is 99.2 Å². The zero-order valence-corrected chi connectivity index (χ0v) is 19.4. The van der Waals surface area contributed by atoms with Crippen molar-refractivity contribution in [3.8, 4) is 23.3 Å². The topological polar surface area (TPSA) is 94.6 Å². The molecule has 0 bridgehead atoms. The largest absolute Gasteiger partial charge is 0.497 e. The van der Waals surface area contributed by atoms with E-state index >= 15 is 0 Å². The Hall–Kier alpha value is -3.99. The number of rotatable bonds is 4. The van der Waals surface area contributed by atoms with Crippen LogP contribution in [0.1, 0.15) is 26.7 Å². The van der Waals surface area contributed by atoms with E-state index in [0.717, 1.165) is 21.2 Å². The monoisotopic (exact) mass is 488 g/mol. The van der Waals surface area contributed by atoms with Crippen molar-refractivity contribution >= 4 is 39.0 Å². The zero-order chi connectivity index (χ0) is 23.8. The third-order valence-corrected chi connectivity index (χ3v) is 7.23. The Balaban J connectivity index is 1.48. The number of methoxy groups -OCH3 is 1. The van der Waals surface area contributed by atoms with Crippen molar-refractivity contribution in [2.24, 2.45) is 5.73 Å². The third-order valence-electron chi connectivity index (χ3n) is 5.57. The Bertz CT molecular complexity index is 1500. The van der Waals surface area contributed by atoms with Crippen LogP contribution in [-0.2, 0) is 0 Å². The lowest BCUT2D eigenvalue weighted by Crippen LogP contribution is -2.21. The number of ether oxygens (including phenoxy) is 3. The third kappa shape index (κ3) is 3.73. The van der Waals surface area contributed by atoms with Crippen LogP contribution in [0.4, 0.5) is 0 Å². The highest BCUT2D eigenvalue weighted by Gasteiger charge is 2.31. The Morgan fingerprint density at radius 1 is 1.12 bits per heavy atom. The van der Waals surface area contributed by atoms with Gasteiger partial charge in [0, 0.05) is 21.7 Å². The van der Waals surface area contributed by atoms with Gasteiger partial charge in [-0.2, -0.15) is 5.26 Å². The molecule has 0 saturated heterocycles. The van der Waals surface area contributed by atoms with Gasteiger partial charge in [-0.15, -0.1) is 11.3 Å². The molecular formula is C26H17ClN2O4S. The van der Waals surface area contributed by atoms with Gasteiger partial charge < -0.3 is 19.9 Å². The fourth-order valence-electron chi connectivity index (χ4n) is 3.94. The second kappa shape index (κ2) is 8.75. The Morgan fingerprint density at radius 3 is 2.56 bits per heavy atom. The van der Waals surface area contributed by atoms with Gasteiger partial charge in [0.1, 0.15) is 33.8 Å². The Kier molecular flexibility index (Phi) is 5.62. The Morgan fingerprint density at radius 2 is 1.85 bits per heavy atom. The van der Waals surface area contributed by atoms with E-state index in [4.69, 9.17) is 31.5 Å². The maximum absolute atomic E-state index is 12.9. The second-order valence-corrected chi connectivity index (χ2v) is 8.96. The van der Waals surface area contributed by atoms with Gasteiger partial charge >= 0.3 is 5.97 Å². The minimum absolute atomic E-state index is 0.00634. The number of halogens is 1. The van der Waals surface area contributed by atoms with E-state index < -0.39 is 11.9 Å². The first-order chi connectivity index (χ1) is 16.5. The number of hydrogen-bond donors (Lipinski definition) is 1. The lowest BCUT2D eigenvalue weighted by atomic mass is 9.83. The van der Waals surface area contributed by atoms with Gasteiger partial charge in [-0.3, -0.25) is 0 Å². The number of carbonyl (C=O) groups is 1. The van der Waals surface area contributed by atoms with E-state index in [9.17, 15) is 10.1 Å². The molecule has 2 N–H and O–H groups in total. The van der Waals surface area contributed by atoms with Crippen molar-refractivity contribution in [2.45, 2.75) is 5.92 Å². The second-order valence-electron chi connectivity index (χ2n) is 7.53. The van der Waals surface area contributed by atoms with Gasteiger partial charge in [-0.05, 0) is 29.8 Å². The summed E-state index contributed by atoms with van der Waals surface area (Å²) in [4.78, 5) is 13.2. The van der Waals surface area contributed by atoms with E-state index in [-0.39, 0.29) is 11.6 Å². The standard InChI is InChI=1S/C26H17ClN2O4S/c1-31-15-8-6-14(7-9-15)22-17-11-10-16(12-20(17)33-25(29)19(22)13-28)32-26(30)24-23(27)18-4-2-3-5-21(18)34-24/h2-12,22H,29H2,1H3. The number of benzene rings is 3. The summed E-state index contributed by atoms with van der Waals surface area (Å²) in [6.45, 7) is 0. The molecule has 0 fully saturated rings. The molecule has 1 aliphatic heterocycles. The zero-order valence-electron chi connectivity index (χ0n) is 17.9. The summed E-state index contributed by atoms with van der Waals surface area (Å²) < 4.78 is 17.5. The summed E-state index contributed by atoms with van der Waals surface area (Å²) in [5.74, 6) is 0.404. The van der Waals surface area contributed by atoms with Gasteiger partial charge in [0.2, 0.25) is 5.88 Å². The first-order valence-corrected chi connectivity index (χ1v) is 11.4. The smallest absolute Gasteiger partial charge is 0.355 e. The fourth-order valence-corrected chi connectivity index (χ4v) is 5.32. The fraction of sp³-hybridized carbons (Fsp3) is 0.0769. The molecule has 0 aliphatic carbocycles. The molecule has 3 aromatic carbocycles. The lowest BCUT2D eigenvalue weighted by molar-refractivity contribution is 0.0740. The van der Waals surface area contributed by atoms with Crippen molar-refractivity contribution in [2.75, 3.05) is 7.11 Å². The summed E-state index contributed by atoms with van der Waals surface area (Å²) >= 11 is 7.69. The molecule has 1 aromatic heterocycles. The van der Waals surface area contributed by atoms with E-state index in [1.54, 1.807) is 25.3 Å². The summed E-state index contributed by atoms with van der Waals surface area (Å²) in [6.07, 6.45) is 0. The number of nitrogens with two attached hydrogens (primary N) is 1. The normalized spacial score (nSPS) is 14.8. The van der Waals surface area contributed by atoms with Crippen LogP contribution in [0.2, 0.25) is 5.02 Å². The number of allylic oxidation sites excluding steroid dienone is 1. The quantitative estimate of drug-likeness (QED) is 0.279. The summed E-state index contributed by atoms with van der Waals surface area (Å²) in [5, 5.41) is 10.9. The molecule has 0 spiro atoms. The summed E-state index contributed by atoms with van der Waals surface area (Å²) in [5.41, 5.74) is 7.97. The van der Waals surface area contributed by atoms with Crippen LogP contribution in [0.15, 0.2) is 78.2 Å². The van der Waals surface area contributed by atoms with Crippen LogP contribution >= 0.6 is 22.9 Å². The molecule has 0 saturated carbocycles. The molecular weight excluding hydrogens is 472 g/mol. The molecule has 6 nitrogen and oxygen atoms in total. The van der Waals surface area contributed by atoms with Crippen LogP contribution in [0.3, 0.4) is 0 Å². The molecule has 5 rings (SSSR count). The first kappa shape index (κ1) is 21.8. The van der Waals surface area contributed by atoms with E-state index in [2.05, 4.69) is 6.07 Å². The van der Waals surface area contributed by atoms with Crippen LogP contribution < -0.4 is 19.9 Å². The van der Waals surface area contributed by atoms with Crippen LogP contribution in [0.25, 0.3) is 10.1 Å². The summed E-state index contributed by atoms with van der Waals surface area (Å²) in [6, 6.07) is 22.1. The van der Waals surface area contributed by atoms with Gasteiger partial charge in [-0.1, -0.05) is 48.0 Å². The number of thiophene rings is 1. The highest BCUT2D eigenvalue weighted by atomic mass is 35.5. The van der Waals surface area contributed by atoms with Crippen molar-refractivity contribution < 1.29 is 19.0 Å². The van der Waals surface area contributed by atoms with Crippen LogP contribution in [0.5, 0.6) is 17.2 Å². The predicted molar refractivity (Wildman–Crippen MR) is 131 cm³/mol. The van der Waals surface area contributed by atoms with Crippen molar-refractivity contribution in [1.82, 2.24) is 0 Å². The number of fused-ring (bicyclic) bond motifs is 2. The molecule has 1 aliphatic rings. The number of esters is 1. The number of hydrogen-bond acceptors (Lipinski definition) is 7. The van der Waals surface area contributed by atoms with E-state index in [0.29, 0.717) is 27.0 Å². The molecule has 4 aromatic rings. The molecule has 1 unspecified atom stereocenters. The Labute approximate surface area is 204 Å². The van der Waals surface area contributed by atoms with Gasteiger partial charge in [-0.25, -0.2) is 4.79 Å². The molecule has 0 amide bonds. The minimum Gasteiger partial charge on any atom is -0.497 e. The lowest BCUT2D eigenvalue weighted by Gasteiger charge is -2.26. The molecule has 0 radical (unpaired) electrons. The molecule has 34 heavy (non-hydrogen) atoms. The van der Waals surface area contributed by atoms with Crippen LogP contribution in [-0.4, -0.2) is 13.1 Å². The minimum atomic E-state index is -0.560.